The summed E-state index contributed by atoms with van der Waals surface area (Å²) in [6.45, 7) is 3.86. The third kappa shape index (κ3) is 3.42. The second-order valence-corrected chi connectivity index (χ2v) is 6.98. The molecule has 0 aromatic rings. The third-order valence-corrected chi connectivity index (χ3v) is 5.41. The van der Waals surface area contributed by atoms with Gasteiger partial charge >= 0.3 is 0 Å². The highest BCUT2D eigenvalue weighted by Gasteiger charge is 2.43. The van der Waals surface area contributed by atoms with Crippen LogP contribution in [0.5, 0.6) is 0 Å². The average Bonchev–Trinajstić information content (AvgIpc) is 3.21. The van der Waals surface area contributed by atoms with Crippen molar-refractivity contribution in [2.45, 2.75) is 83.0 Å². The van der Waals surface area contributed by atoms with Crippen LogP contribution >= 0.6 is 0 Å². The molecular formula is C17H30N2O2. The lowest BCUT2D eigenvalue weighted by Gasteiger charge is -2.30. The quantitative estimate of drug-likeness (QED) is 0.819. The predicted octanol–water partition coefficient (Wildman–Crippen LogP) is 2.67. The average molecular weight is 294 g/mol. The van der Waals surface area contributed by atoms with Crippen LogP contribution < -0.4 is 5.32 Å². The van der Waals surface area contributed by atoms with Crippen LogP contribution in [0.1, 0.15) is 64.7 Å². The number of rotatable bonds is 6. The molecule has 1 aliphatic carbocycles. The Morgan fingerprint density at radius 3 is 2.71 bits per heavy atom. The van der Waals surface area contributed by atoms with Crippen LogP contribution in [-0.4, -0.2) is 42.3 Å². The van der Waals surface area contributed by atoms with E-state index in [1.165, 1.54) is 25.7 Å². The van der Waals surface area contributed by atoms with Gasteiger partial charge in [0, 0.05) is 13.2 Å². The van der Waals surface area contributed by atoms with Crippen molar-refractivity contribution < 1.29 is 9.53 Å². The molecule has 21 heavy (non-hydrogen) atoms. The van der Waals surface area contributed by atoms with Crippen molar-refractivity contribution >= 4 is 5.91 Å². The number of carbonyl (C=O) groups excluding carboxylic acids is 1. The van der Waals surface area contributed by atoms with Gasteiger partial charge in [0.25, 0.3) is 0 Å². The summed E-state index contributed by atoms with van der Waals surface area (Å²) in [5, 5.41) is 3.66. The number of hydrogen-bond donors (Lipinski definition) is 1. The number of nitrogens with one attached hydrogen (secondary N) is 1. The molecule has 0 aromatic heterocycles. The van der Waals surface area contributed by atoms with E-state index >= 15 is 0 Å². The lowest BCUT2D eigenvalue weighted by molar-refractivity contribution is -0.132. The molecule has 0 aromatic carbocycles. The van der Waals surface area contributed by atoms with E-state index in [2.05, 4.69) is 17.1 Å². The topological polar surface area (TPSA) is 41.6 Å². The first-order valence-electron chi connectivity index (χ1n) is 8.97. The zero-order valence-electron chi connectivity index (χ0n) is 13.4. The zero-order chi connectivity index (χ0) is 14.7. The van der Waals surface area contributed by atoms with E-state index in [-0.39, 0.29) is 18.3 Å². The third-order valence-electron chi connectivity index (χ3n) is 5.41. The number of hydrogen-bond acceptors (Lipinski definition) is 3. The minimum atomic E-state index is 0.0527. The van der Waals surface area contributed by atoms with Crippen molar-refractivity contribution in [3.05, 3.63) is 0 Å². The second-order valence-electron chi connectivity index (χ2n) is 6.98. The van der Waals surface area contributed by atoms with E-state index in [1.807, 2.05) is 0 Å². The van der Waals surface area contributed by atoms with Gasteiger partial charge in [-0.1, -0.05) is 32.6 Å². The maximum absolute atomic E-state index is 12.8. The molecule has 120 valence electrons. The Morgan fingerprint density at radius 2 is 2.05 bits per heavy atom. The summed E-state index contributed by atoms with van der Waals surface area (Å²) < 4.78 is 5.77. The van der Waals surface area contributed by atoms with E-state index in [1.54, 1.807) is 0 Å². The Balaban J connectivity index is 1.66. The minimum Gasteiger partial charge on any atom is -0.376 e. The molecule has 0 spiro atoms. The fraction of sp³-hybridized carbons (Fsp3) is 0.941. The molecular weight excluding hydrogens is 264 g/mol. The van der Waals surface area contributed by atoms with E-state index in [0.29, 0.717) is 11.8 Å². The van der Waals surface area contributed by atoms with Gasteiger partial charge in [0.2, 0.25) is 5.91 Å². The van der Waals surface area contributed by atoms with Crippen LogP contribution in [0.25, 0.3) is 0 Å². The van der Waals surface area contributed by atoms with E-state index in [4.69, 9.17) is 4.74 Å². The first-order chi connectivity index (χ1) is 10.3. The smallest absolute Gasteiger partial charge is 0.241 e. The predicted molar refractivity (Wildman–Crippen MR) is 82.9 cm³/mol. The molecule has 3 aliphatic rings. The van der Waals surface area contributed by atoms with Gasteiger partial charge < -0.3 is 9.64 Å². The van der Waals surface area contributed by atoms with Gasteiger partial charge in [0.15, 0.2) is 0 Å². The summed E-state index contributed by atoms with van der Waals surface area (Å²) in [6.07, 6.45) is 11.3. The lowest BCUT2D eigenvalue weighted by atomic mass is 10.0. The normalized spacial score (nSPS) is 34.2. The molecule has 3 rings (SSSR count). The fourth-order valence-corrected chi connectivity index (χ4v) is 4.19. The standard InChI is InChI=1S/C17H30N2O2/c1-2-3-10-15-17(20)19(12-14-9-6-11-21-14)16(18-15)13-7-4-5-8-13/h13-16,18H,2-12H2,1H3. The van der Waals surface area contributed by atoms with Crippen LogP contribution in [0, 0.1) is 5.92 Å². The number of nitrogens with zero attached hydrogens (tertiary/aromatic N) is 1. The molecule has 1 N–H and O–H groups in total. The van der Waals surface area contributed by atoms with Crippen molar-refractivity contribution in [2.75, 3.05) is 13.2 Å². The molecule has 4 nitrogen and oxygen atoms in total. The molecule has 0 radical (unpaired) electrons. The van der Waals surface area contributed by atoms with Gasteiger partial charge in [-0.05, 0) is 38.0 Å². The second kappa shape index (κ2) is 7.10. The highest BCUT2D eigenvalue weighted by atomic mass is 16.5. The first kappa shape index (κ1) is 15.3. The van der Waals surface area contributed by atoms with E-state index in [0.717, 1.165) is 45.3 Å². The SMILES string of the molecule is CCCCC1NC(C2CCCC2)N(CC2CCCO2)C1=O. The Morgan fingerprint density at radius 1 is 1.24 bits per heavy atom. The van der Waals surface area contributed by atoms with Crippen molar-refractivity contribution in [2.24, 2.45) is 5.92 Å². The molecule has 3 unspecified atom stereocenters. The van der Waals surface area contributed by atoms with Crippen LogP contribution in [0.2, 0.25) is 0 Å². The highest BCUT2D eigenvalue weighted by molar-refractivity contribution is 5.84. The van der Waals surface area contributed by atoms with Crippen LogP contribution in [0.3, 0.4) is 0 Å². The maximum atomic E-state index is 12.8. The summed E-state index contributed by atoms with van der Waals surface area (Å²) in [4.78, 5) is 14.9. The number of unbranched alkanes of at least 4 members (excludes halogenated alkanes) is 1. The Labute approximate surface area is 128 Å². The largest absolute Gasteiger partial charge is 0.376 e. The van der Waals surface area contributed by atoms with Crippen LogP contribution in [0.15, 0.2) is 0 Å². The molecule has 1 amide bonds. The molecule has 2 heterocycles. The van der Waals surface area contributed by atoms with Gasteiger partial charge in [-0.3, -0.25) is 10.1 Å². The van der Waals surface area contributed by atoms with Crippen molar-refractivity contribution in [1.29, 1.82) is 0 Å². The van der Waals surface area contributed by atoms with Crippen molar-refractivity contribution in [3.63, 3.8) is 0 Å². The summed E-state index contributed by atoms with van der Waals surface area (Å²) in [7, 11) is 0. The zero-order valence-corrected chi connectivity index (χ0v) is 13.4. The number of ether oxygens (including phenoxy) is 1. The number of carbonyl (C=O) groups is 1. The van der Waals surface area contributed by atoms with E-state index in [9.17, 15) is 4.79 Å². The molecule has 3 fully saturated rings. The summed E-state index contributed by atoms with van der Waals surface area (Å²) in [5.74, 6) is 0.984. The summed E-state index contributed by atoms with van der Waals surface area (Å²) in [6, 6.07) is 0.0527. The summed E-state index contributed by atoms with van der Waals surface area (Å²) in [5.41, 5.74) is 0. The maximum Gasteiger partial charge on any atom is 0.241 e. The molecule has 0 bridgehead atoms. The summed E-state index contributed by atoms with van der Waals surface area (Å²) >= 11 is 0. The highest BCUT2D eigenvalue weighted by Crippen LogP contribution is 2.33. The van der Waals surface area contributed by atoms with E-state index < -0.39 is 0 Å². The van der Waals surface area contributed by atoms with Gasteiger partial charge in [-0.25, -0.2) is 0 Å². The molecule has 2 saturated heterocycles. The molecule has 3 atom stereocenters. The monoisotopic (exact) mass is 294 g/mol. The van der Waals surface area contributed by atoms with Gasteiger partial charge in [-0.2, -0.15) is 0 Å². The molecule has 2 aliphatic heterocycles. The Hall–Kier alpha value is -0.610. The lowest BCUT2D eigenvalue weighted by Crippen LogP contribution is -2.45. The van der Waals surface area contributed by atoms with Gasteiger partial charge in [0.05, 0.1) is 18.3 Å². The van der Waals surface area contributed by atoms with Gasteiger partial charge in [-0.15, -0.1) is 0 Å². The first-order valence-corrected chi connectivity index (χ1v) is 8.97. The number of amides is 1. The minimum absolute atomic E-state index is 0.0527. The van der Waals surface area contributed by atoms with Gasteiger partial charge in [0.1, 0.15) is 0 Å². The van der Waals surface area contributed by atoms with Crippen molar-refractivity contribution in [1.82, 2.24) is 10.2 Å². The molecule has 1 saturated carbocycles. The van der Waals surface area contributed by atoms with Crippen LogP contribution in [-0.2, 0) is 9.53 Å². The fourth-order valence-electron chi connectivity index (χ4n) is 4.19. The molecule has 4 heteroatoms. The van der Waals surface area contributed by atoms with Crippen molar-refractivity contribution in [3.8, 4) is 0 Å². The van der Waals surface area contributed by atoms with Crippen LogP contribution in [0.4, 0.5) is 0 Å². The Kier molecular flexibility index (Phi) is 5.17. The Bertz CT molecular complexity index is 349.